The zero-order chi connectivity index (χ0) is 25.1. The van der Waals surface area contributed by atoms with E-state index >= 15 is 0 Å². The summed E-state index contributed by atoms with van der Waals surface area (Å²) in [6, 6.07) is 1.44. The molecule has 3 saturated heterocycles. The molecule has 0 saturated carbocycles. The van der Waals surface area contributed by atoms with Crippen LogP contribution in [-0.2, 0) is 29.6 Å². The summed E-state index contributed by atoms with van der Waals surface area (Å²) in [5.74, 6) is 4.43. The van der Waals surface area contributed by atoms with Gasteiger partial charge in [0.05, 0.1) is 6.54 Å². The summed E-state index contributed by atoms with van der Waals surface area (Å²) in [6.07, 6.45) is 7.83. The van der Waals surface area contributed by atoms with Crippen molar-refractivity contribution in [2.24, 2.45) is 18.9 Å². The average molecular weight is 487 g/mol. The predicted molar refractivity (Wildman–Crippen MR) is 126 cm³/mol. The Morgan fingerprint density at radius 2 is 1.71 bits per heavy atom. The Morgan fingerprint density at radius 1 is 1.09 bits per heavy atom. The van der Waals surface area contributed by atoms with Gasteiger partial charge in [-0.05, 0) is 38.5 Å². The summed E-state index contributed by atoms with van der Waals surface area (Å²) in [5, 5.41) is 13.8. The van der Waals surface area contributed by atoms with E-state index in [1.165, 1.54) is 37.3 Å². The third-order valence-electron chi connectivity index (χ3n) is 7.78. The van der Waals surface area contributed by atoms with Gasteiger partial charge in [-0.25, -0.2) is 9.97 Å². The predicted octanol–water partition coefficient (Wildman–Crippen LogP) is 1.13. The minimum absolute atomic E-state index is 0.227. The monoisotopic (exact) mass is 486 g/mol. The summed E-state index contributed by atoms with van der Waals surface area (Å²) in [5.41, 5.74) is 2.30. The van der Waals surface area contributed by atoms with E-state index in [-0.39, 0.29) is 19.0 Å². The fourth-order valence-electron chi connectivity index (χ4n) is 6.54. The molecule has 0 aliphatic carbocycles. The molecular formula is C24H34N6O5. The molecule has 11 nitrogen and oxygen atoms in total. The first-order valence-electron chi connectivity index (χ1n) is 12.0. The third kappa shape index (κ3) is 5.01. The van der Waals surface area contributed by atoms with Gasteiger partial charge in [-0.1, -0.05) is 0 Å². The Bertz CT molecular complexity index is 1020. The normalized spacial score (nSPS) is 28.3. The molecule has 5 atom stereocenters. The first-order chi connectivity index (χ1) is 16.9. The lowest BCUT2D eigenvalue weighted by Crippen LogP contribution is -2.41. The van der Waals surface area contributed by atoms with Crippen molar-refractivity contribution in [2.75, 3.05) is 19.6 Å². The molecule has 2 aromatic rings. The van der Waals surface area contributed by atoms with Crippen molar-refractivity contribution in [2.45, 2.75) is 57.8 Å². The number of hydrogen-bond acceptors (Lipinski definition) is 8. The number of nitrogens with zero attached hydrogens (tertiary/aromatic N) is 6. The van der Waals surface area contributed by atoms with Gasteiger partial charge in [-0.3, -0.25) is 19.4 Å². The second kappa shape index (κ2) is 10.7. The minimum Gasteiger partial charge on any atom is -0.483 e. The summed E-state index contributed by atoms with van der Waals surface area (Å²) < 4.78 is 8.42. The number of aryl methyl sites for hydroxylation is 3. The van der Waals surface area contributed by atoms with Crippen molar-refractivity contribution in [3.63, 3.8) is 0 Å². The number of rotatable bonds is 4. The van der Waals surface area contributed by atoms with Crippen LogP contribution in [0.25, 0.3) is 0 Å². The number of fused-ring (bicyclic) bond motifs is 6. The van der Waals surface area contributed by atoms with E-state index in [2.05, 4.69) is 43.3 Å². The number of hydrogen-bond donors (Lipinski definition) is 2. The van der Waals surface area contributed by atoms with E-state index < -0.39 is 0 Å². The minimum atomic E-state index is -0.250. The van der Waals surface area contributed by atoms with Gasteiger partial charge >= 0.3 is 0 Å². The van der Waals surface area contributed by atoms with Gasteiger partial charge in [0.25, 0.3) is 12.9 Å². The standard InChI is InChI=1S/C22H30N6O.2CH2O2/c1-13-16-8-15(29-22(16)25-14(2)24-13)9-28-19-4-5-20(28)18-11-27(10-17(18)19)12-21-23-6-7-26(21)3;2*2-1-3/h6-7,15,17-20H,4-5,8-12H2,1-3H3;2*1H,(H,2,3)/t15?,17-,18+,19-,20+;;. The lowest BCUT2D eigenvalue weighted by atomic mass is 9.82. The Kier molecular flexibility index (Phi) is 7.66. The van der Waals surface area contributed by atoms with Gasteiger partial charge in [0.1, 0.15) is 17.8 Å². The SMILES string of the molecule is Cc1nc(C)c2c(n1)OC(CN1[C@@H]3CC[C@H]1[C@H]1CN(Cc4nccn4C)C[C@H]13)C2.O=CO.O=CO. The summed E-state index contributed by atoms with van der Waals surface area (Å²) in [4.78, 5) is 35.7. The van der Waals surface area contributed by atoms with Crippen LogP contribution in [0, 0.1) is 25.7 Å². The van der Waals surface area contributed by atoms with Gasteiger partial charge in [0.2, 0.25) is 5.88 Å². The van der Waals surface area contributed by atoms with Gasteiger partial charge in [-0.15, -0.1) is 0 Å². The number of carbonyl (C=O) groups is 2. The molecular weight excluding hydrogens is 452 g/mol. The van der Waals surface area contributed by atoms with E-state index in [1.807, 2.05) is 19.3 Å². The van der Waals surface area contributed by atoms with Crippen LogP contribution in [0.15, 0.2) is 12.4 Å². The van der Waals surface area contributed by atoms with Crippen molar-refractivity contribution in [3.05, 3.63) is 35.3 Å². The van der Waals surface area contributed by atoms with Crippen LogP contribution in [0.5, 0.6) is 5.88 Å². The third-order valence-corrected chi connectivity index (χ3v) is 7.78. The molecule has 6 rings (SSSR count). The lowest BCUT2D eigenvalue weighted by Gasteiger charge is -2.28. The molecule has 190 valence electrons. The molecule has 6 heterocycles. The Balaban J connectivity index is 0.000000440. The summed E-state index contributed by atoms with van der Waals surface area (Å²) >= 11 is 0. The smallest absolute Gasteiger partial charge is 0.290 e. The Hall–Kier alpha value is -3.05. The molecule has 2 N–H and O–H groups in total. The van der Waals surface area contributed by atoms with Gasteiger partial charge in [0, 0.05) is 68.8 Å². The molecule has 0 amide bonds. The zero-order valence-electron chi connectivity index (χ0n) is 20.4. The fourth-order valence-corrected chi connectivity index (χ4v) is 6.54. The number of aromatic nitrogens is 4. The molecule has 0 radical (unpaired) electrons. The second-order valence-corrected chi connectivity index (χ2v) is 9.68. The van der Waals surface area contributed by atoms with E-state index in [1.54, 1.807) is 0 Å². The topological polar surface area (TPSA) is 134 Å². The van der Waals surface area contributed by atoms with E-state index in [0.29, 0.717) is 0 Å². The number of ether oxygens (including phenoxy) is 1. The van der Waals surface area contributed by atoms with E-state index in [9.17, 15) is 0 Å². The van der Waals surface area contributed by atoms with Crippen LogP contribution in [0.1, 0.15) is 35.7 Å². The molecule has 2 aromatic heterocycles. The molecule has 35 heavy (non-hydrogen) atoms. The highest BCUT2D eigenvalue weighted by Crippen LogP contribution is 2.49. The van der Waals surface area contributed by atoms with Gasteiger partial charge < -0.3 is 19.5 Å². The van der Waals surface area contributed by atoms with Crippen LogP contribution in [0.2, 0.25) is 0 Å². The first kappa shape index (κ1) is 25.1. The Labute approximate surface area is 204 Å². The highest BCUT2D eigenvalue weighted by molar-refractivity contribution is 5.35. The van der Waals surface area contributed by atoms with Crippen LogP contribution in [0.4, 0.5) is 0 Å². The zero-order valence-corrected chi connectivity index (χ0v) is 20.4. The van der Waals surface area contributed by atoms with Crippen LogP contribution >= 0.6 is 0 Å². The van der Waals surface area contributed by atoms with Crippen LogP contribution in [0.3, 0.4) is 0 Å². The largest absolute Gasteiger partial charge is 0.483 e. The summed E-state index contributed by atoms with van der Waals surface area (Å²) in [7, 11) is 2.10. The summed E-state index contributed by atoms with van der Waals surface area (Å²) in [6.45, 7) is 7.97. The molecule has 11 heteroatoms. The van der Waals surface area contributed by atoms with Crippen molar-refractivity contribution < 1.29 is 24.5 Å². The van der Waals surface area contributed by atoms with Crippen LogP contribution < -0.4 is 4.74 Å². The maximum absolute atomic E-state index is 8.36. The molecule has 0 spiro atoms. The Morgan fingerprint density at radius 3 is 2.29 bits per heavy atom. The van der Waals surface area contributed by atoms with E-state index in [4.69, 9.17) is 24.5 Å². The average Bonchev–Trinajstić information content (AvgIpc) is 3.59. The van der Waals surface area contributed by atoms with Crippen molar-refractivity contribution in [3.8, 4) is 5.88 Å². The highest BCUT2D eigenvalue weighted by Gasteiger charge is 2.56. The molecule has 3 fully saturated rings. The highest BCUT2D eigenvalue weighted by atomic mass is 16.5. The molecule has 0 aromatic carbocycles. The van der Waals surface area contributed by atoms with Crippen LogP contribution in [-0.4, -0.2) is 90.3 Å². The first-order valence-corrected chi connectivity index (χ1v) is 12.0. The maximum atomic E-state index is 8.36. The molecule has 2 bridgehead atoms. The maximum Gasteiger partial charge on any atom is 0.290 e. The number of likely N-dealkylation sites (tertiary alicyclic amines) is 1. The van der Waals surface area contributed by atoms with Crippen molar-refractivity contribution in [1.82, 2.24) is 29.3 Å². The van der Waals surface area contributed by atoms with Gasteiger partial charge in [-0.2, -0.15) is 4.98 Å². The molecule has 4 aliphatic rings. The number of imidazole rings is 1. The molecule has 1 unspecified atom stereocenters. The second-order valence-electron chi connectivity index (χ2n) is 9.68. The molecule has 4 aliphatic heterocycles. The quantitative estimate of drug-likeness (QED) is 0.606. The van der Waals surface area contributed by atoms with Crippen molar-refractivity contribution >= 4 is 12.9 Å². The fraction of sp³-hybridized carbons (Fsp3) is 0.625. The lowest BCUT2D eigenvalue weighted by molar-refractivity contribution is -0.123. The van der Waals surface area contributed by atoms with Crippen molar-refractivity contribution in [1.29, 1.82) is 0 Å². The van der Waals surface area contributed by atoms with Gasteiger partial charge in [0.15, 0.2) is 0 Å². The number of carboxylic acid groups (broad SMARTS) is 2. The van der Waals surface area contributed by atoms with E-state index in [0.717, 1.165) is 60.8 Å².